The SMILES string of the molecule is CC(=O)C=C(C)O.CC(C)CC(=O)C=C(O)CC(C)C.Cc1[c-]c(-c2cc(CC(C)C)c3cc4c(cc3n2)oc2ccccc24)cc(C)c1.Cc1[c-]c(-c2cc(CC(C)C)c3cc4c(cc3n2)oc2ccccc24)cc(C)c1.[Ir].[Ir]. The number of hydrogen-bond acceptors (Lipinski definition) is 8. The molecule has 80 heavy (non-hydrogen) atoms. The van der Waals surface area contributed by atoms with Gasteiger partial charge in [-0.1, -0.05) is 132 Å². The zero-order chi connectivity index (χ0) is 56.5. The second-order valence-corrected chi connectivity index (χ2v) is 22.7. The van der Waals surface area contributed by atoms with Gasteiger partial charge in [-0.3, -0.25) is 19.6 Å². The van der Waals surface area contributed by atoms with Crippen LogP contribution in [0.3, 0.4) is 0 Å². The number of fused-ring (bicyclic) bond motifs is 8. The molecule has 4 heterocycles. The molecular formula is C70H76Ir2N2O6-2. The molecule has 0 bridgehead atoms. The number of aryl methyl sites for hydroxylation is 4. The van der Waals surface area contributed by atoms with E-state index in [1.807, 2.05) is 52.0 Å². The van der Waals surface area contributed by atoms with Crippen molar-refractivity contribution in [1.82, 2.24) is 9.97 Å². The van der Waals surface area contributed by atoms with Crippen molar-refractivity contribution in [2.75, 3.05) is 0 Å². The van der Waals surface area contributed by atoms with Gasteiger partial charge in [0.25, 0.3) is 0 Å². The Kier molecular flexibility index (Phi) is 23.1. The minimum atomic E-state index is -0.125. The number of carbonyl (C=O) groups excluding carboxylic acids is 2. The van der Waals surface area contributed by atoms with Crippen LogP contribution in [0, 0.1) is 63.5 Å². The molecule has 0 amide bonds. The summed E-state index contributed by atoms with van der Waals surface area (Å²) in [5.41, 5.74) is 17.1. The predicted molar refractivity (Wildman–Crippen MR) is 324 cm³/mol. The fourth-order valence-electron chi connectivity index (χ4n) is 10.0. The molecular weight excluding hydrogens is 1350 g/mol. The Morgan fingerprint density at radius 3 is 1.26 bits per heavy atom. The minimum absolute atomic E-state index is 0. The van der Waals surface area contributed by atoms with E-state index in [-0.39, 0.29) is 63.3 Å². The third kappa shape index (κ3) is 17.2. The average Bonchev–Trinajstić information content (AvgIpc) is 3.88. The van der Waals surface area contributed by atoms with E-state index in [1.54, 1.807) is 0 Å². The molecule has 0 spiro atoms. The van der Waals surface area contributed by atoms with Crippen LogP contribution < -0.4 is 0 Å². The molecule has 0 aliphatic heterocycles. The molecule has 0 unspecified atom stereocenters. The molecule has 0 aliphatic rings. The Hall–Kier alpha value is -6.54. The number of ketones is 2. The summed E-state index contributed by atoms with van der Waals surface area (Å²) in [6, 6.07) is 45.3. The summed E-state index contributed by atoms with van der Waals surface area (Å²) in [5.74, 6) is 2.04. The van der Waals surface area contributed by atoms with Crippen molar-refractivity contribution < 1.29 is 68.8 Å². The summed E-state index contributed by atoms with van der Waals surface area (Å²) < 4.78 is 12.2. The molecule has 0 atom stereocenters. The minimum Gasteiger partial charge on any atom is -0.512 e. The van der Waals surface area contributed by atoms with Crippen LogP contribution in [0.4, 0.5) is 0 Å². The summed E-state index contributed by atoms with van der Waals surface area (Å²) >= 11 is 0. The summed E-state index contributed by atoms with van der Waals surface area (Å²) in [4.78, 5) is 31.3. The maximum atomic E-state index is 11.2. The van der Waals surface area contributed by atoms with Gasteiger partial charge in [0, 0.05) is 110 Å². The van der Waals surface area contributed by atoms with Crippen LogP contribution in [0.2, 0.25) is 0 Å². The van der Waals surface area contributed by atoms with Gasteiger partial charge in [0.15, 0.2) is 11.6 Å². The van der Waals surface area contributed by atoms with Gasteiger partial charge in [0.1, 0.15) is 22.3 Å². The third-order valence-electron chi connectivity index (χ3n) is 12.9. The van der Waals surface area contributed by atoms with Gasteiger partial charge < -0.3 is 19.0 Å². The van der Waals surface area contributed by atoms with Gasteiger partial charge in [-0.15, -0.1) is 69.8 Å². The van der Waals surface area contributed by atoms with Crippen molar-refractivity contribution in [1.29, 1.82) is 0 Å². The molecule has 0 saturated carbocycles. The number of aliphatic hydroxyl groups is 2. The third-order valence-corrected chi connectivity index (χ3v) is 12.9. The monoisotopic (exact) mass is 1430 g/mol. The van der Waals surface area contributed by atoms with E-state index >= 15 is 0 Å². The van der Waals surface area contributed by atoms with Crippen LogP contribution >= 0.6 is 0 Å². The Labute approximate surface area is 499 Å². The topological polar surface area (TPSA) is 127 Å². The van der Waals surface area contributed by atoms with Crippen molar-refractivity contribution in [2.45, 2.75) is 123 Å². The maximum Gasteiger partial charge on any atom is 0.159 e. The average molecular weight is 1430 g/mol. The standard InChI is InChI=1S/2C27H24NO.C11H20O2.C5H8O2.2Ir/c2*1-16(2)9-19-13-24(20-11-17(3)10-18(4)12-20)28-25-15-27-23(14-22(19)25)21-7-5-6-8-26(21)29-27;1-8(2)5-10(12)7-11(13)6-9(3)4;1-4(6)3-5(2)7;;/h2*5-8,10-11,13-16H,9H2,1-4H3;7-9,12H,5-6H2,1-4H3;3,6H,1-2H3;;/q2*-1;;;;. The Morgan fingerprint density at radius 2 is 0.912 bits per heavy atom. The van der Waals surface area contributed by atoms with Gasteiger partial charge in [0.2, 0.25) is 0 Å². The predicted octanol–water partition coefficient (Wildman–Crippen LogP) is 19.0. The molecule has 8 nitrogen and oxygen atoms in total. The van der Waals surface area contributed by atoms with Crippen LogP contribution in [-0.2, 0) is 62.6 Å². The first-order chi connectivity index (χ1) is 37.0. The number of nitrogens with zero attached hydrogens (tertiary/aromatic N) is 2. The molecule has 422 valence electrons. The second-order valence-electron chi connectivity index (χ2n) is 22.7. The zero-order valence-electron chi connectivity index (χ0n) is 48.8. The van der Waals surface area contributed by atoms with Crippen LogP contribution in [0.25, 0.3) is 88.2 Å². The molecule has 0 fully saturated rings. The van der Waals surface area contributed by atoms with Crippen LogP contribution in [-0.4, -0.2) is 31.7 Å². The molecule has 6 aromatic carbocycles. The largest absolute Gasteiger partial charge is 0.512 e. The molecule has 10 aromatic rings. The number of allylic oxidation sites excluding steroid dienone is 4. The molecule has 10 heteroatoms. The van der Waals surface area contributed by atoms with E-state index in [9.17, 15) is 14.7 Å². The van der Waals surface area contributed by atoms with Crippen LogP contribution in [0.1, 0.15) is 115 Å². The Morgan fingerprint density at radius 1 is 0.500 bits per heavy atom. The Bertz CT molecular complexity index is 3600. The first-order valence-corrected chi connectivity index (χ1v) is 27.3. The molecule has 0 aliphatic carbocycles. The fraction of sp³-hybridized carbons (Fsp3) is 0.314. The van der Waals surface area contributed by atoms with E-state index in [0.717, 1.165) is 101 Å². The van der Waals surface area contributed by atoms with Crippen LogP contribution in [0.15, 0.2) is 142 Å². The Balaban J connectivity index is 0.000000218. The molecule has 2 N–H and O–H groups in total. The van der Waals surface area contributed by atoms with Crippen molar-refractivity contribution in [2.24, 2.45) is 23.7 Å². The van der Waals surface area contributed by atoms with Gasteiger partial charge in [-0.25, -0.2) is 0 Å². The molecule has 0 saturated heterocycles. The number of aromatic nitrogens is 2. The van der Waals surface area contributed by atoms with E-state index in [1.165, 1.54) is 59.0 Å². The number of para-hydroxylation sites is 2. The van der Waals surface area contributed by atoms with E-state index in [4.69, 9.17) is 23.9 Å². The quantitative estimate of drug-likeness (QED) is 0.0704. The summed E-state index contributed by atoms with van der Waals surface area (Å²) in [6.45, 7) is 28.3. The van der Waals surface area contributed by atoms with E-state index in [0.29, 0.717) is 36.5 Å². The van der Waals surface area contributed by atoms with Crippen LogP contribution in [0.5, 0.6) is 0 Å². The number of carbonyl (C=O) groups is 2. The van der Waals surface area contributed by atoms with Gasteiger partial charge in [0.05, 0.1) is 22.6 Å². The van der Waals surface area contributed by atoms with E-state index < -0.39 is 0 Å². The number of benzene rings is 6. The van der Waals surface area contributed by atoms with Crippen molar-refractivity contribution in [3.63, 3.8) is 0 Å². The first-order valence-electron chi connectivity index (χ1n) is 27.3. The van der Waals surface area contributed by atoms with Gasteiger partial charge in [-0.05, 0) is 97.1 Å². The van der Waals surface area contributed by atoms with Gasteiger partial charge >= 0.3 is 0 Å². The van der Waals surface area contributed by atoms with Crippen molar-refractivity contribution in [3.8, 4) is 22.5 Å². The molecule has 10 rings (SSSR count). The summed E-state index contributed by atoms with van der Waals surface area (Å²) in [7, 11) is 0. The smallest absolute Gasteiger partial charge is 0.159 e. The first kappa shape index (κ1) is 64.3. The normalized spacial score (nSPS) is 11.7. The number of rotatable bonds is 12. The molecule has 4 aromatic heterocycles. The van der Waals surface area contributed by atoms with Crippen molar-refractivity contribution in [3.05, 3.63) is 178 Å². The fourth-order valence-corrected chi connectivity index (χ4v) is 10.0. The van der Waals surface area contributed by atoms with Gasteiger partial charge in [-0.2, -0.15) is 0 Å². The summed E-state index contributed by atoms with van der Waals surface area (Å²) in [5, 5.41) is 24.8. The summed E-state index contributed by atoms with van der Waals surface area (Å²) in [6.07, 6.45) is 5.65. The van der Waals surface area contributed by atoms with E-state index in [2.05, 4.69) is 152 Å². The second kappa shape index (κ2) is 28.7. The number of furan rings is 2. The number of aliphatic hydroxyl groups excluding tert-OH is 2. The zero-order valence-corrected chi connectivity index (χ0v) is 53.6. The molecule has 2 radical (unpaired) electrons. The number of pyridine rings is 2. The maximum absolute atomic E-state index is 11.2. The van der Waals surface area contributed by atoms with Crippen molar-refractivity contribution >= 4 is 77.2 Å². The number of hydrogen-bond donors (Lipinski definition) is 2.